The zero-order chi connectivity index (χ0) is 12.8. The Bertz CT molecular complexity index is 453. The Balaban J connectivity index is 2.79. The van der Waals surface area contributed by atoms with Crippen molar-refractivity contribution in [2.24, 2.45) is 11.5 Å². The largest absolute Gasteiger partial charge is 0.398 e. The Labute approximate surface area is 112 Å². The summed E-state index contributed by atoms with van der Waals surface area (Å²) in [5.41, 5.74) is 12.1. The fraction of sp³-hybridized carbons (Fsp3) is 0.182. The summed E-state index contributed by atoms with van der Waals surface area (Å²) in [6, 6.07) is -0.445. The van der Waals surface area contributed by atoms with Gasteiger partial charge < -0.3 is 16.6 Å². The van der Waals surface area contributed by atoms with Gasteiger partial charge in [-0.1, -0.05) is 28.6 Å². The molecule has 1 aromatic rings. The van der Waals surface area contributed by atoms with Crippen LogP contribution in [0.3, 0.4) is 0 Å². The molecule has 0 aliphatic heterocycles. The highest BCUT2D eigenvalue weighted by molar-refractivity contribution is 9.11. The molecule has 1 heterocycles. The van der Waals surface area contributed by atoms with E-state index in [4.69, 9.17) is 16.6 Å². The summed E-state index contributed by atoms with van der Waals surface area (Å²) >= 11 is 4.58. The van der Waals surface area contributed by atoms with Gasteiger partial charge in [0.25, 0.3) is 0 Å². The second-order valence-electron chi connectivity index (χ2n) is 3.28. The molecule has 0 aromatic carbocycles. The van der Waals surface area contributed by atoms with E-state index >= 15 is 0 Å². The number of halogens is 1. The van der Waals surface area contributed by atoms with Crippen molar-refractivity contribution in [3.63, 3.8) is 0 Å². The van der Waals surface area contributed by atoms with Gasteiger partial charge in [0.05, 0.1) is 23.2 Å². The lowest BCUT2D eigenvalue weighted by Gasteiger charge is -2.01. The Morgan fingerprint density at radius 3 is 3.00 bits per heavy atom. The highest BCUT2D eigenvalue weighted by atomic mass is 79.9. The number of aromatic nitrogens is 1. The quantitative estimate of drug-likeness (QED) is 0.724. The molecular weight excluding hydrogens is 302 g/mol. The van der Waals surface area contributed by atoms with E-state index in [-0.39, 0.29) is 6.61 Å². The van der Waals surface area contributed by atoms with E-state index in [0.717, 1.165) is 9.36 Å². The Kier molecular flexibility index (Phi) is 5.57. The molecule has 6 heteroatoms. The van der Waals surface area contributed by atoms with Gasteiger partial charge in [-0.25, -0.2) is 4.98 Å². The highest BCUT2D eigenvalue weighted by Gasteiger charge is 2.10. The van der Waals surface area contributed by atoms with E-state index in [9.17, 15) is 0 Å². The van der Waals surface area contributed by atoms with Gasteiger partial charge in [-0.2, -0.15) is 0 Å². The van der Waals surface area contributed by atoms with E-state index < -0.39 is 6.04 Å². The van der Waals surface area contributed by atoms with Crippen molar-refractivity contribution in [2.75, 3.05) is 6.61 Å². The molecule has 1 rings (SSSR count). The van der Waals surface area contributed by atoms with Crippen LogP contribution in [-0.2, 0) is 0 Å². The summed E-state index contributed by atoms with van der Waals surface area (Å²) < 4.78 is 0.772. The average molecular weight is 316 g/mol. The number of nitrogens with zero attached hydrogens (tertiary/aromatic N) is 1. The fourth-order valence-corrected chi connectivity index (χ4v) is 2.01. The average Bonchev–Trinajstić information content (AvgIpc) is 2.76. The first-order chi connectivity index (χ1) is 8.04. The van der Waals surface area contributed by atoms with Crippen LogP contribution in [0.4, 0.5) is 0 Å². The molecule has 0 bridgehead atoms. The molecule has 0 spiro atoms. The molecule has 0 aliphatic rings. The lowest BCUT2D eigenvalue weighted by atomic mass is 10.3. The summed E-state index contributed by atoms with van der Waals surface area (Å²) in [7, 11) is 0. The first-order valence-corrected chi connectivity index (χ1v) is 6.46. The zero-order valence-electron chi connectivity index (χ0n) is 9.14. The maximum atomic E-state index is 8.91. The van der Waals surface area contributed by atoms with Gasteiger partial charge in [0.15, 0.2) is 0 Å². The first kappa shape index (κ1) is 14.1. The third-order valence-electron chi connectivity index (χ3n) is 1.87. The van der Waals surface area contributed by atoms with Crippen LogP contribution in [0.15, 0.2) is 35.5 Å². The van der Waals surface area contributed by atoms with E-state index in [1.807, 2.05) is 0 Å². The van der Waals surface area contributed by atoms with E-state index in [2.05, 4.69) is 27.5 Å². The van der Waals surface area contributed by atoms with Crippen LogP contribution >= 0.6 is 27.3 Å². The molecular formula is C11H14BrN3OS. The molecule has 92 valence electrons. The lowest BCUT2D eigenvalue weighted by molar-refractivity contribution is 0.267. The number of hydrogen-bond donors (Lipinski definition) is 3. The molecule has 17 heavy (non-hydrogen) atoms. The topological polar surface area (TPSA) is 85.2 Å². The second kappa shape index (κ2) is 6.70. The number of nitrogens with two attached hydrogens (primary N) is 2. The maximum absolute atomic E-state index is 8.91. The van der Waals surface area contributed by atoms with E-state index in [1.54, 1.807) is 24.4 Å². The SMILES string of the molecule is C=C(Br)/C=C\C=C(/N)c1cnc([C@@H](N)CO)s1. The van der Waals surface area contributed by atoms with Gasteiger partial charge in [0.1, 0.15) is 5.01 Å². The summed E-state index contributed by atoms with van der Waals surface area (Å²) in [4.78, 5) is 4.94. The van der Waals surface area contributed by atoms with Crippen LogP contribution in [0.2, 0.25) is 0 Å². The zero-order valence-corrected chi connectivity index (χ0v) is 11.5. The smallest absolute Gasteiger partial charge is 0.112 e. The predicted octanol–water partition coefficient (Wildman–Crippen LogP) is 1.90. The second-order valence-corrected chi connectivity index (χ2v) is 5.36. The van der Waals surface area contributed by atoms with E-state index in [0.29, 0.717) is 10.7 Å². The third-order valence-corrected chi connectivity index (χ3v) is 3.32. The molecule has 0 aliphatic carbocycles. The third kappa shape index (κ3) is 4.43. The van der Waals surface area contributed by atoms with Crippen LogP contribution < -0.4 is 11.5 Å². The molecule has 4 nitrogen and oxygen atoms in total. The summed E-state index contributed by atoms with van der Waals surface area (Å²) in [5.74, 6) is 0. The minimum absolute atomic E-state index is 0.125. The van der Waals surface area contributed by atoms with Crippen molar-refractivity contribution < 1.29 is 5.11 Å². The molecule has 0 radical (unpaired) electrons. The van der Waals surface area contributed by atoms with Crippen molar-refractivity contribution in [2.45, 2.75) is 6.04 Å². The van der Waals surface area contributed by atoms with Gasteiger partial charge in [-0.15, -0.1) is 11.3 Å². The summed E-state index contributed by atoms with van der Waals surface area (Å²) in [6.45, 7) is 3.54. The lowest BCUT2D eigenvalue weighted by Crippen LogP contribution is -2.13. The van der Waals surface area contributed by atoms with Crippen LogP contribution in [0.1, 0.15) is 15.9 Å². The molecule has 5 N–H and O–H groups in total. The van der Waals surface area contributed by atoms with Crippen LogP contribution in [0, 0.1) is 0 Å². The number of thiazole rings is 1. The van der Waals surface area contributed by atoms with Gasteiger partial charge in [-0.3, -0.25) is 0 Å². The molecule has 0 unspecified atom stereocenters. The van der Waals surface area contributed by atoms with Crippen molar-refractivity contribution in [1.29, 1.82) is 0 Å². The number of aliphatic hydroxyl groups excluding tert-OH is 1. The molecule has 0 fully saturated rings. The molecule has 0 saturated carbocycles. The summed E-state index contributed by atoms with van der Waals surface area (Å²) in [6.07, 6.45) is 6.98. The number of aliphatic hydroxyl groups is 1. The predicted molar refractivity (Wildman–Crippen MR) is 75.5 cm³/mol. The first-order valence-electron chi connectivity index (χ1n) is 4.85. The fourth-order valence-electron chi connectivity index (χ4n) is 1.01. The van der Waals surface area contributed by atoms with Crippen molar-refractivity contribution >= 4 is 33.0 Å². The van der Waals surface area contributed by atoms with Gasteiger partial charge >= 0.3 is 0 Å². The molecule has 0 amide bonds. The Morgan fingerprint density at radius 1 is 1.71 bits per heavy atom. The standard InChI is InChI=1S/C11H14BrN3OS/c1-7(12)3-2-4-8(13)10-5-15-11(17-10)9(14)6-16/h2-5,9,16H,1,6,13-14H2/b3-2-,8-4-/t9-/m0/s1. The van der Waals surface area contributed by atoms with Gasteiger partial charge in [0, 0.05) is 10.7 Å². The Hall–Kier alpha value is -0.950. The van der Waals surface area contributed by atoms with Crippen LogP contribution in [0.5, 0.6) is 0 Å². The van der Waals surface area contributed by atoms with Gasteiger partial charge in [0.2, 0.25) is 0 Å². The maximum Gasteiger partial charge on any atom is 0.112 e. The van der Waals surface area contributed by atoms with Crippen molar-refractivity contribution in [3.8, 4) is 0 Å². The normalized spacial score (nSPS) is 14.2. The van der Waals surface area contributed by atoms with E-state index in [1.165, 1.54) is 11.3 Å². The van der Waals surface area contributed by atoms with Crippen molar-refractivity contribution in [1.82, 2.24) is 4.98 Å². The highest BCUT2D eigenvalue weighted by Crippen LogP contribution is 2.22. The van der Waals surface area contributed by atoms with Crippen LogP contribution in [0.25, 0.3) is 5.70 Å². The molecule has 0 saturated heterocycles. The molecule has 1 aromatic heterocycles. The monoisotopic (exact) mass is 315 g/mol. The minimum Gasteiger partial charge on any atom is -0.398 e. The van der Waals surface area contributed by atoms with Gasteiger partial charge in [-0.05, 0) is 12.2 Å². The number of allylic oxidation sites excluding steroid dienone is 4. The van der Waals surface area contributed by atoms with Crippen molar-refractivity contribution in [3.05, 3.63) is 45.4 Å². The Morgan fingerprint density at radius 2 is 2.41 bits per heavy atom. The van der Waals surface area contributed by atoms with Crippen LogP contribution in [-0.4, -0.2) is 16.7 Å². The minimum atomic E-state index is -0.445. The number of rotatable bonds is 5. The summed E-state index contributed by atoms with van der Waals surface area (Å²) in [5, 5.41) is 9.58. The number of hydrogen-bond acceptors (Lipinski definition) is 5. The molecule has 1 atom stereocenters.